The number of carbonyl (C=O) groups excluding carboxylic acids is 1. The number of allylic oxidation sites excluding steroid dienone is 5. The number of aliphatic carboxylic acids is 1. The fourth-order valence-corrected chi connectivity index (χ4v) is 7.19. The summed E-state index contributed by atoms with van der Waals surface area (Å²) in [4.78, 5) is 33.6. The van der Waals surface area contributed by atoms with Crippen molar-refractivity contribution in [3.8, 4) is 0 Å². The summed E-state index contributed by atoms with van der Waals surface area (Å²) in [7, 11) is 0. The first-order valence-corrected chi connectivity index (χ1v) is 15.6. The van der Waals surface area contributed by atoms with Gasteiger partial charge in [-0.25, -0.2) is 0 Å². The first-order valence-electron chi connectivity index (χ1n) is 15.6. The Morgan fingerprint density at radius 3 is 2.22 bits per heavy atom. The predicted molar refractivity (Wildman–Crippen MR) is 178 cm³/mol. The van der Waals surface area contributed by atoms with Crippen molar-refractivity contribution in [3.05, 3.63) is 102 Å². The Labute approximate surface area is 263 Å². The molecule has 3 aromatic rings. The Morgan fingerprint density at radius 2 is 1.51 bits per heavy atom. The Bertz CT molecular complexity index is 1990. The Hall–Kier alpha value is -4.72. The standard InChI is InChI=1S/C37H42N4O4/c1-19-8-10-27-34-15-30-22(4)25(9-11-36(43)44)32(40-30)16-33-26(12-13-45-18-42)23(5)29(39-33)14-28-20(2)21(3)31(38-28)17-35(41-34)37(27,7)24(19)6/h8,10,14-18,24,38-41H,9,11-13H2,1-7H3,(H,43,44). The number of aromatic amines is 3. The highest BCUT2D eigenvalue weighted by atomic mass is 16.5. The third-order valence-electron chi connectivity index (χ3n) is 10.6. The molecule has 0 radical (unpaired) electrons. The molecule has 0 amide bonds. The molecule has 5 heterocycles. The zero-order chi connectivity index (χ0) is 32.2. The summed E-state index contributed by atoms with van der Waals surface area (Å²) in [6.07, 6.45) is 14.1. The van der Waals surface area contributed by atoms with Crippen LogP contribution in [-0.2, 0) is 27.2 Å². The minimum Gasteiger partial charge on any atom is -0.481 e. The molecule has 6 rings (SSSR count). The maximum atomic E-state index is 11.7. The number of ether oxygens (including phenoxy) is 1. The summed E-state index contributed by atoms with van der Waals surface area (Å²) in [6.45, 7) is 16.0. The van der Waals surface area contributed by atoms with Crippen LogP contribution >= 0.6 is 0 Å². The van der Waals surface area contributed by atoms with Crippen LogP contribution in [0.1, 0.15) is 83.3 Å². The van der Waals surface area contributed by atoms with Crippen LogP contribution in [0.5, 0.6) is 0 Å². The van der Waals surface area contributed by atoms with E-state index in [9.17, 15) is 14.7 Å². The van der Waals surface area contributed by atoms with Crippen LogP contribution < -0.4 is 16.0 Å². The van der Waals surface area contributed by atoms with Gasteiger partial charge in [0.15, 0.2) is 0 Å². The summed E-state index contributed by atoms with van der Waals surface area (Å²) in [5.74, 6) is -0.547. The van der Waals surface area contributed by atoms with Gasteiger partial charge in [0.2, 0.25) is 0 Å². The van der Waals surface area contributed by atoms with Crippen molar-refractivity contribution in [1.29, 1.82) is 0 Å². The molecule has 2 aliphatic heterocycles. The quantitative estimate of drug-likeness (QED) is 0.189. The summed E-state index contributed by atoms with van der Waals surface area (Å²) < 4.78 is 5.09. The summed E-state index contributed by atoms with van der Waals surface area (Å²) in [5, 5.41) is 15.3. The van der Waals surface area contributed by atoms with Crippen molar-refractivity contribution in [1.82, 2.24) is 20.3 Å². The molecule has 0 spiro atoms. The average molecular weight is 607 g/mol. The van der Waals surface area contributed by atoms with Crippen molar-refractivity contribution in [3.63, 3.8) is 0 Å². The van der Waals surface area contributed by atoms with Crippen LogP contribution in [0.2, 0.25) is 0 Å². The van der Waals surface area contributed by atoms with Crippen LogP contribution in [-0.4, -0.2) is 39.1 Å². The third-order valence-corrected chi connectivity index (χ3v) is 10.6. The SMILES string of the molecule is CC1=CC=C2C3=Cc4[nH]c(c(CCC(=O)O)c4C)C=c4[nH]c(c(C)c4CCOC=O)=Cc4[nH]c(c(C)c4C)C=C(N3)C2(C)C1C. The molecule has 0 saturated carbocycles. The molecule has 8 bridgehead atoms. The number of rotatable bonds is 7. The number of hydrogen-bond donors (Lipinski definition) is 5. The smallest absolute Gasteiger partial charge is 0.303 e. The van der Waals surface area contributed by atoms with Crippen molar-refractivity contribution in [2.45, 2.75) is 67.7 Å². The zero-order valence-corrected chi connectivity index (χ0v) is 27.1. The van der Waals surface area contributed by atoms with E-state index >= 15 is 0 Å². The first-order chi connectivity index (χ1) is 21.4. The van der Waals surface area contributed by atoms with E-state index in [0.29, 0.717) is 19.3 Å². The second-order valence-corrected chi connectivity index (χ2v) is 12.9. The van der Waals surface area contributed by atoms with Gasteiger partial charge in [-0.2, -0.15) is 0 Å². The molecule has 0 aromatic carbocycles. The largest absolute Gasteiger partial charge is 0.481 e. The highest BCUT2D eigenvalue weighted by Crippen LogP contribution is 2.54. The van der Waals surface area contributed by atoms with Crippen molar-refractivity contribution in [2.24, 2.45) is 11.3 Å². The molecule has 1 fully saturated rings. The summed E-state index contributed by atoms with van der Waals surface area (Å²) in [6, 6.07) is 0. The minimum absolute atomic E-state index is 0.0296. The lowest BCUT2D eigenvalue weighted by Gasteiger charge is -2.36. The van der Waals surface area contributed by atoms with Crippen LogP contribution in [0.4, 0.5) is 0 Å². The molecule has 3 aliphatic rings. The molecule has 3 aromatic heterocycles. The van der Waals surface area contributed by atoms with Crippen molar-refractivity contribution < 1.29 is 19.4 Å². The van der Waals surface area contributed by atoms with Gasteiger partial charge in [0.1, 0.15) is 0 Å². The van der Waals surface area contributed by atoms with E-state index in [1.807, 2.05) is 0 Å². The minimum atomic E-state index is -0.832. The number of carboxylic acid groups (broad SMARTS) is 1. The molecule has 8 nitrogen and oxygen atoms in total. The lowest BCUT2D eigenvalue weighted by Crippen LogP contribution is -2.30. The van der Waals surface area contributed by atoms with Gasteiger partial charge in [-0.1, -0.05) is 24.6 Å². The maximum absolute atomic E-state index is 11.7. The van der Waals surface area contributed by atoms with Gasteiger partial charge in [-0.05, 0) is 117 Å². The van der Waals surface area contributed by atoms with E-state index < -0.39 is 5.97 Å². The number of hydrogen-bond acceptors (Lipinski definition) is 4. The highest BCUT2D eigenvalue weighted by Gasteiger charge is 2.47. The summed E-state index contributed by atoms with van der Waals surface area (Å²) in [5.41, 5.74) is 14.9. The van der Waals surface area contributed by atoms with E-state index in [1.165, 1.54) is 22.3 Å². The topological polar surface area (TPSA) is 123 Å². The highest BCUT2D eigenvalue weighted by molar-refractivity contribution is 5.74. The fraction of sp³-hybridized carbons (Fsp3) is 0.351. The Morgan fingerprint density at radius 1 is 0.844 bits per heavy atom. The van der Waals surface area contributed by atoms with E-state index in [-0.39, 0.29) is 24.4 Å². The van der Waals surface area contributed by atoms with Crippen molar-refractivity contribution in [2.75, 3.05) is 6.61 Å². The van der Waals surface area contributed by atoms with Gasteiger partial charge < -0.3 is 30.1 Å². The molecule has 8 heteroatoms. The number of aromatic nitrogens is 3. The Kier molecular flexibility index (Phi) is 7.63. The summed E-state index contributed by atoms with van der Waals surface area (Å²) >= 11 is 0. The molecular weight excluding hydrogens is 564 g/mol. The molecule has 2 atom stereocenters. The number of fused-ring (bicyclic) bond motifs is 11. The first kappa shape index (κ1) is 30.3. The molecule has 1 saturated heterocycles. The monoisotopic (exact) mass is 606 g/mol. The van der Waals surface area contributed by atoms with Gasteiger partial charge >= 0.3 is 5.97 Å². The molecule has 1 aliphatic carbocycles. The fourth-order valence-electron chi connectivity index (χ4n) is 7.19. The van der Waals surface area contributed by atoms with Gasteiger partial charge in [0.05, 0.1) is 6.61 Å². The maximum Gasteiger partial charge on any atom is 0.303 e. The van der Waals surface area contributed by atoms with Gasteiger partial charge in [-0.3, -0.25) is 9.59 Å². The molecule has 45 heavy (non-hydrogen) atoms. The number of carbonyl (C=O) groups is 2. The second-order valence-electron chi connectivity index (χ2n) is 12.9. The van der Waals surface area contributed by atoms with Crippen LogP contribution in [0, 0.1) is 39.0 Å². The zero-order valence-electron chi connectivity index (χ0n) is 27.1. The van der Waals surface area contributed by atoms with Crippen LogP contribution in [0.15, 0.2) is 34.7 Å². The second kappa shape index (κ2) is 11.3. The van der Waals surface area contributed by atoms with E-state index in [1.54, 1.807) is 0 Å². The average Bonchev–Trinajstić information content (AvgIpc) is 3.64. The predicted octanol–water partition coefficient (Wildman–Crippen LogP) is 5.12. The number of nitrogens with one attached hydrogen (secondary N) is 4. The molecule has 234 valence electrons. The number of H-pyrrole nitrogens is 3. The van der Waals surface area contributed by atoms with Crippen LogP contribution in [0.25, 0.3) is 24.3 Å². The van der Waals surface area contributed by atoms with E-state index in [0.717, 1.165) is 67.1 Å². The molecule has 5 N–H and O–H groups in total. The van der Waals surface area contributed by atoms with Crippen molar-refractivity contribution >= 4 is 36.7 Å². The third kappa shape index (κ3) is 5.02. The molecular formula is C37H42N4O4. The normalized spacial score (nSPS) is 20.1. The van der Waals surface area contributed by atoms with E-state index in [4.69, 9.17) is 4.74 Å². The van der Waals surface area contributed by atoms with E-state index in [2.05, 4.69) is 105 Å². The lowest BCUT2D eigenvalue weighted by molar-refractivity contribution is -0.137. The van der Waals surface area contributed by atoms with Gasteiger partial charge in [0, 0.05) is 63.1 Å². The lowest BCUT2D eigenvalue weighted by atomic mass is 9.66. The molecule has 2 unspecified atom stereocenters. The van der Waals surface area contributed by atoms with Crippen LogP contribution in [0.3, 0.4) is 0 Å². The van der Waals surface area contributed by atoms with Gasteiger partial charge in [-0.15, -0.1) is 0 Å². The van der Waals surface area contributed by atoms with Gasteiger partial charge in [0.25, 0.3) is 6.47 Å². The number of carboxylic acids is 1. The Balaban J connectivity index is 1.68.